The molecule has 1 N–H and O–H groups in total. The van der Waals surface area contributed by atoms with E-state index in [-0.39, 0.29) is 5.56 Å². The molecule has 29 heavy (non-hydrogen) atoms. The number of hydrogen-bond acceptors (Lipinski definition) is 3. The van der Waals surface area contributed by atoms with E-state index in [0.717, 1.165) is 30.1 Å². The van der Waals surface area contributed by atoms with Gasteiger partial charge < -0.3 is 4.98 Å². The SMILES string of the molecule is CCc1cc(-c2ccc(CN3CCC(Cc4ccccc4)CC3)s2)c(C)[nH]c1=O. The lowest BCUT2D eigenvalue weighted by Crippen LogP contribution is -2.33. The molecule has 0 amide bonds. The molecule has 3 heterocycles. The summed E-state index contributed by atoms with van der Waals surface area (Å²) in [5.41, 5.74) is 4.50. The number of thiophene rings is 1. The maximum atomic E-state index is 12.0. The summed E-state index contributed by atoms with van der Waals surface area (Å²) in [5.74, 6) is 0.809. The highest BCUT2D eigenvalue weighted by atomic mass is 32.1. The van der Waals surface area contributed by atoms with Gasteiger partial charge in [0.25, 0.3) is 5.56 Å². The molecule has 0 spiro atoms. The standard InChI is InChI=1S/C25H30N2OS/c1-3-21-16-23(18(2)26-25(21)28)24-10-9-22(29-24)17-27-13-11-20(12-14-27)15-19-7-5-4-6-8-19/h4-10,16,20H,3,11-15,17H2,1-2H3,(H,26,28). The summed E-state index contributed by atoms with van der Waals surface area (Å²) in [6.07, 6.45) is 4.54. The minimum Gasteiger partial charge on any atom is -0.326 e. The maximum absolute atomic E-state index is 12.0. The highest BCUT2D eigenvalue weighted by Gasteiger charge is 2.20. The summed E-state index contributed by atoms with van der Waals surface area (Å²) in [6.45, 7) is 7.43. The zero-order chi connectivity index (χ0) is 20.2. The highest BCUT2D eigenvalue weighted by Crippen LogP contribution is 2.31. The van der Waals surface area contributed by atoms with Crippen LogP contribution in [0.2, 0.25) is 0 Å². The van der Waals surface area contributed by atoms with Crippen LogP contribution in [0.25, 0.3) is 10.4 Å². The topological polar surface area (TPSA) is 36.1 Å². The molecule has 2 aromatic heterocycles. The number of aromatic amines is 1. The first-order chi connectivity index (χ1) is 14.1. The molecule has 3 aromatic rings. The zero-order valence-corrected chi connectivity index (χ0v) is 18.2. The molecule has 0 aliphatic carbocycles. The number of likely N-dealkylation sites (tertiary alicyclic amines) is 1. The number of benzene rings is 1. The minimum absolute atomic E-state index is 0.0453. The summed E-state index contributed by atoms with van der Waals surface area (Å²) in [4.78, 5) is 20.3. The third-order valence-corrected chi connectivity index (χ3v) is 7.18. The quantitative estimate of drug-likeness (QED) is 0.593. The summed E-state index contributed by atoms with van der Waals surface area (Å²) in [5, 5.41) is 0. The Hall–Kier alpha value is -2.17. The molecule has 3 nitrogen and oxygen atoms in total. The van der Waals surface area contributed by atoms with Gasteiger partial charge in [0.2, 0.25) is 0 Å². The smallest absolute Gasteiger partial charge is 0.251 e. The van der Waals surface area contributed by atoms with Crippen molar-refractivity contribution in [3.8, 4) is 10.4 Å². The van der Waals surface area contributed by atoms with E-state index in [9.17, 15) is 4.79 Å². The lowest BCUT2D eigenvalue weighted by Gasteiger charge is -2.31. The number of rotatable bonds is 6. The fourth-order valence-electron chi connectivity index (χ4n) is 4.31. The molecule has 1 aliphatic heterocycles. The van der Waals surface area contributed by atoms with Crippen molar-refractivity contribution in [2.45, 2.75) is 46.1 Å². The van der Waals surface area contributed by atoms with E-state index >= 15 is 0 Å². The first-order valence-electron chi connectivity index (χ1n) is 10.7. The molecule has 4 rings (SSSR count). The Labute approximate surface area is 177 Å². The third-order valence-electron chi connectivity index (χ3n) is 6.08. The highest BCUT2D eigenvalue weighted by molar-refractivity contribution is 7.15. The van der Waals surface area contributed by atoms with Crippen LogP contribution in [-0.2, 0) is 19.4 Å². The minimum atomic E-state index is 0.0453. The van der Waals surface area contributed by atoms with Crippen molar-refractivity contribution in [1.82, 2.24) is 9.88 Å². The van der Waals surface area contributed by atoms with Crippen molar-refractivity contribution in [2.75, 3.05) is 13.1 Å². The molecular formula is C25H30N2OS. The number of aromatic nitrogens is 1. The second kappa shape index (κ2) is 9.10. The Morgan fingerprint density at radius 3 is 2.59 bits per heavy atom. The van der Waals surface area contributed by atoms with Gasteiger partial charge in [0.05, 0.1) is 0 Å². The van der Waals surface area contributed by atoms with Gasteiger partial charge >= 0.3 is 0 Å². The molecule has 0 radical (unpaired) electrons. The number of nitrogens with one attached hydrogen (secondary N) is 1. The molecule has 1 aromatic carbocycles. The largest absolute Gasteiger partial charge is 0.326 e. The van der Waals surface area contributed by atoms with E-state index in [1.54, 1.807) is 0 Å². The van der Waals surface area contributed by atoms with Gasteiger partial charge in [-0.3, -0.25) is 9.69 Å². The second-order valence-corrected chi connectivity index (χ2v) is 9.36. The number of aryl methyl sites for hydroxylation is 2. The molecule has 1 fully saturated rings. The normalized spacial score (nSPS) is 15.7. The summed E-state index contributed by atoms with van der Waals surface area (Å²) in [6, 6.07) is 17.4. The van der Waals surface area contributed by atoms with Gasteiger partial charge in [-0.05, 0) is 75.4 Å². The van der Waals surface area contributed by atoms with Gasteiger partial charge in [-0.1, -0.05) is 37.3 Å². The number of nitrogens with zero attached hydrogens (tertiary/aromatic N) is 1. The number of piperidine rings is 1. The average Bonchev–Trinajstić information content (AvgIpc) is 3.18. The summed E-state index contributed by atoms with van der Waals surface area (Å²) < 4.78 is 0. The predicted molar refractivity (Wildman–Crippen MR) is 123 cm³/mol. The average molecular weight is 407 g/mol. The third kappa shape index (κ3) is 4.88. The molecular weight excluding hydrogens is 376 g/mol. The Morgan fingerprint density at radius 1 is 1.10 bits per heavy atom. The molecule has 1 saturated heterocycles. The van der Waals surface area contributed by atoms with E-state index in [1.807, 2.05) is 25.2 Å². The lowest BCUT2D eigenvalue weighted by molar-refractivity contribution is 0.178. The molecule has 152 valence electrons. The van der Waals surface area contributed by atoms with Crippen molar-refractivity contribution in [3.05, 3.63) is 80.6 Å². The lowest BCUT2D eigenvalue weighted by atomic mass is 9.90. The van der Waals surface area contributed by atoms with E-state index in [4.69, 9.17) is 0 Å². The van der Waals surface area contributed by atoms with Crippen LogP contribution >= 0.6 is 11.3 Å². The van der Waals surface area contributed by atoms with Crippen LogP contribution in [0.1, 0.15) is 41.5 Å². The number of hydrogen-bond donors (Lipinski definition) is 1. The van der Waals surface area contributed by atoms with Crippen molar-refractivity contribution in [2.24, 2.45) is 5.92 Å². The Bertz CT molecular complexity index is 997. The van der Waals surface area contributed by atoms with E-state index in [0.29, 0.717) is 0 Å². The van der Waals surface area contributed by atoms with Gasteiger partial charge in [0.1, 0.15) is 0 Å². The van der Waals surface area contributed by atoms with Crippen LogP contribution in [0, 0.1) is 12.8 Å². The van der Waals surface area contributed by atoms with Crippen molar-refractivity contribution < 1.29 is 0 Å². The molecule has 0 unspecified atom stereocenters. The number of pyridine rings is 1. The van der Waals surface area contributed by atoms with Crippen LogP contribution in [0.3, 0.4) is 0 Å². The zero-order valence-electron chi connectivity index (χ0n) is 17.4. The van der Waals surface area contributed by atoms with Gasteiger partial charge in [-0.25, -0.2) is 0 Å². The van der Waals surface area contributed by atoms with Gasteiger partial charge in [-0.15, -0.1) is 11.3 Å². The van der Waals surface area contributed by atoms with Crippen LogP contribution in [-0.4, -0.2) is 23.0 Å². The first kappa shape index (κ1) is 20.1. The molecule has 0 atom stereocenters. The Balaban J connectivity index is 1.36. The molecule has 0 saturated carbocycles. The van der Waals surface area contributed by atoms with E-state index < -0.39 is 0 Å². The van der Waals surface area contributed by atoms with Gasteiger partial charge in [0, 0.05) is 33.1 Å². The van der Waals surface area contributed by atoms with Gasteiger partial charge in [0.15, 0.2) is 0 Å². The summed E-state index contributed by atoms with van der Waals surface area (Å²) >= 11 is 1.86. The van der Waals surface area contributed by atoms with E-state index in [1.165, 1.54) is 53.2 Å². The predicted octanol–water partition coefficient (Wildman–Crippen LogP) is 5.43. The van der Waals surface area contributed by atoms with Crippen LogP contribution in [0.15, 0.2) is 53.3 Å². The fourth-order valence-corrected chi connectivity index (χ4v) is 5.43. The van der Waals surface area contributed by atoms with Gasteiger partial charge in [-0.2, -0.15) is 0 Å². The summed E-state index contributed by atoms with van der Waals surface area (Å²) in [7, 11) is 0. The monoisotopic (exact) mass is 406 g/mol. The molecule has 0 bridgehead atoms. The van der Waals surface area contributed by atoms with Crippen LogP contribution < -0.4 is 5.56 Å². The fraction of sp³-hybridized carbons (Fsp3) is 0.400. The maximum Gasteiger partial charge on any atom is 0.251 e. The number of H-pyrrole nitrogens is 1. The Kier molecular flexibility index (Phi) is 6.31. The Morgan fingerprint density at radius 2 is 1.86 bits per heavy atom. The molecule has 4 heteroatoms. The molecule has 1 aliphatic rings. The first-order valence-corrected chi connectivity index (χ1v) is 11.5. The van der Waals surface area contributed by atoms with Crippen molar-refractivity contribution in [1.29, 1.82) is 0 Å². The van der Waals surface area contributed by atoms with Crippen molar-refractivity contribution in [3.63, 3.8) is 0 Å². The second-order valence-electron chi connectivity index (χ2n) is 8.19. The van der Waals surface area contributed by atoms with Crippen LogP contribution in [0.5, 0.6) is 0 Å². The van der Waals surface area contributed by atoms with Crippen LogP contribution in [0.4, 0.5) is 0 Å². The van der Waals surface area contributed by atoms with Crippen molar-refractivity contribution >= 4 is 11.3 Å². The van der Waals surface area contributed by atoms with E-state index in [2.05, 4.69) is 58.4 Å².